The van der Waals surface area contributed by atoms with Gasteiger partial charge in [0.25, 0.3) is 5.91 Å². The summed E-state index contributed by atoms with van der Waals surface area (Å²) in [5, 5.41) is 16.9. The second kappa shape index (κ2) is 5.65. The van der Waals surface area contributed by atoms with Gasteiger partial charge in [0, 0.05) is 25.4 Å². The predicted molar refractivity (Wildman–Crippen MR) is 67.4 cm³/mol. The smallest absolute Gasteiger partial charge is 0.308 e. The van der Waals surface area contributed by atoms with Gasteiger partial charge in [0.1, 0.15) is 5.82 Å². The number of hydrogen-bond acceptors (Lipinski definition) is 4. The van der Waals surface area contributed by atoms with Crippen molar-refractivity contribution in [1.29, 1.82) is 0 Å². The van der Waals surface area contributed by atoms with Crippen LogP contribution in [0.5, 0.6) is 0 Å². The molecule has 0 aliphatic rings. The number of carbonyl (C=O) groups excluding carboxylic acids is 1. The van der Waals surface area contributed by atoms with Crippen LogP contribution in [0.4, 0.5) is 14.5 Å². The third-order valence-corrected chi connectivity index (χ3v) is 2.77. The summed E-state index contributed by atoms with van der Waals surface area (Å²) in [5.41, 5.74) is -1.11. The lowest BCUT2D eigenvalue weighted by Gasteiger charge is -2.16. The fraction of sp³-hybridized carbons (Fsp3) is 0.167. The first-order valence-corrected chi connectivity index (χ1v) is 5.76. The molecule has 0 bridgehead atoms. The molecule has 21 heavy (non-hydrogen) atoms. The molecule has 1 aromatic carbocycles. The summed E-state index contributed by atoms with van der Waals surface area (Å²) in [5.74, 6) is -3.27. The van der Waals surface area contributed by atoms with Crippen LogP contribution in [0.15, 0.2) is 24.5 Å². The number of nitrogens with one attached hydrogen (secondary N) is 1. The molecular weight excluding hydrogens is 286 g/mol. The average Bonchev–Trinajstić information content (AvgIpc) is 2.92. The molecule has 1 amide bonds. The molecule has 2 rings (SSSR count). The van der Waals surface area contributed by atoms with Gasteiger partial charge >= 0.3 is 5.69 Å². The van der Waals surface area contributed by atoms with Gasteiger partial charge < -0.3 is 4.90 Å². The lowest BCUT2D eigenvalue weighted by Crippen LogP contribution is -2.27. The van der Waals surface area contributed by atoms with Crippen LogP contribution in [0.25, 0.3) is 0 Å². The van der Waals surface area contributed by atoms with Crippen LogP contribution >= 0.6 is 0 Å². The van der Waals surface area contributed by atoms with Gasteiger partial charge in [-0.25, -0.2) is 4.39 Å². The Kier molecular flexibility index (Phi) is 3.92. The maximum atomic E-state index is 13.9. The lowest BCUT2D eigenvalue weighted by molar-refractivity contribution is -0.387. The number of benzene rings is 1. The Balaban J connectivity index is 2.32. The zero-order valence-corrected chi connectivity index (χ0v) is 10.8. The molecule has 110 valence electrons. The number of aromatic nitrogens is 2. The normalized spacial score (nSPS) is 10.4. The molecule has 0 spiro atoms. The first-order chi connectivity index (χ1) is 9.90. The fourth-order valence-corrected chi connectivity index (χ4v) is 1.78. The number of H-pyrrole nitrogens is 1. The summed E-state index contributed by atoms with van der Waals surface area (Å²) in [7, 11) is 1.37. The van der Waals surface area contributed by atoms with Crippen molar-refractivity contribution >= 4 is 11.6 Å². The van der Waals surface area contributed by atoms with Gasteiger partial charge in [0.05, 0.1) is 22.7 Å². The molecule has 1 N–H and O–H groups in total. The first kappa shape index (κ1) is 14.6. The highest BCUT2D eigenvalue weighted by Crippen LogP contribution is 2.23. The van der Waals surface area contributed by atoms with Gasteiger partial charge in [0.15, 0.2) is 0 Å². The van der Waals surface area contributed by atoms with E-state index < -0.39 is 33.7 Å². The van der Waals surface area contributed by atoms with E-state index in [9.17, 15) is 23.7 Å². The Labute approximate surface area is 117 Å². The summed E-state index contributed by atoms with van der Waals surface area (Å²) in [6.45, 7) is 0.0963. The highest BCUT2D eigenvalue weighted by Gasteiger charge is 2.26. The molecule has 0 fully saturated rings. The molecule has 0 saturated heterocycles. The number of carbonyl (C=O) groups is 1. The zero-order valence-electron chi connectivity index (χ0n) is 10.8. The van der Waals surface area contributed by atoms with E-state index in [0.29, 0.717) is 17.7 Å². The molecule has 7 nitrogen and oxygen atoms in total. The summed E-state index contributed by atoms with van der Waals surface area (Å²) >= 11 is 0. The largest absolute Gasteiger partial charge is 0.337 e. The van der Waals surface area contributed by atoms with Crippen LogP contribution in [-0.2, 0) is 6.54 Å². The Hall–Kier alpha value is -2.84. The van der Waals surface area contributed by atoms with Gasteiger partial charge in [-0.05, 0) is 6.07 Å². The second-order valence-corrected chi connectivity index (χ2v) is 4.31. The highest BCUT2D eigenvalue weighted by molar-refractivity contribution is 5.95. The van der Waals surface area contributed by atoms with E-state index in [1.165, 1.54) is 19.4 Å². The molecule has 9 heteroatoms. The SMILES string of the molecule is CN(Cc1cn[nH]c1)C(=O)c1cc(F)cc([N+](=O)[O-])c1F. The summed E-state index contributed by atoms with van der Waals surface area (Å²) in [6, 6.07) is 1.07. The quantitative estimate of drug-likeness (QED) is 0.688. The Morgan fingerprint density at radius 1 is 1.48 bits per heavy atom. The molecule has 1 heterocycles. The second-order valence-electron chi connectivity index (χ2n) is 4.31. The Morgan fingerprint density at radius 3 is 2.76 bits per heavy atom. The van der Waals surface area contributed by atoms with E-state index in [4.69, 9.17) is 0 Å². The van der Waals surface area contributed by atoms with E-state index in [1.54, 1.807) is 0 Å². The maximum Gasteiger partial charge on any atom is 0.308 e. The van der Waals surface area contributed by atoms with E-state index >= 15 is 0 Å². The van der Waals surface area contributed by atoms with Crippen molar-refractivity contribution in [3.05, 3.63) is 57.4 Å². The summed E-state index contributed by atoms with van der Waals surface area (Å²) in [4.78, 5) is 22.7. The van der Waals surface area contributed by atoms with Crippen LogP contribution in [-0.4, -0.2) is 33.0 Å². The van der Waals surface area contributed by atoms with Crippen LogP contribution in [0.1, 0.15) is 15.9 Å². The van der Waals surface area contributed by atoms with Gasteiger partial charge in [-0.15, -0.1) is 0 Å². The van der Waals surface area contributed by atoms with Crippen LogP contribution in [0.2, 0.25) is 0 Å². The molecule has 0 aliphatic heterocycles. The molecule has 0 unspecified atom stereocenters. The van der Waals surface area contributed by atoms with E-state index in [0.717, 1.165) is 4.90 Å². The number of hydrogen-bond donors (Lipinski definition) is 1. The van der Waals surface area contributed by atoms with Crippen molar-refractivity contribution in [2.24, 2.45) is 0 Å². The van der Waals surface area contributed by atoms with E-state index in [-0.39, 0.29) is 6.54 Å². The van der Waals surface area contributed by atoms with E-state index in [2.05, 4.69) is 10.2 Å². The van der Waals surface area contributed by atoms with Crippen LogP contribution in [0, 0.1) is 21.7 Å². The molecule has 0 saturated carbocycles. The third-order valence-electron chi connectivity index (χ3n) is 2.77. The Bertz CT molecular complexity index is 688. The molecule has 0 radical (unpaired) electrons. The molecule has 0 atom stereocenters. The molecular formula is C12H10F2N4O3. The number of aromatic amines is 1. The Morgan fingerprint density at radius 2 is 2.19 bits per heavy atom. The van der Waals surface area contributed by atoms with Crippen molar-refractivity contribution in [2.45, 2.75) is 6.54 Å². The maximum absolute atomic E-state index is 13.9. The minimum atomic E-state index is -1.36. The zero-order chi connectivity index (χ0) is 15.6. The van der Waals surface area contributed by atoms with E-state index in [1.807, 2.05) is 0 Å². The number of rotatable bonds is 4. The summed E-state index contributed by atoms with van der Waals surface area (Å²) < 4.78 is 27.2. The highest BCUT2D eigenvalue weighted by atomic mass is 19.1. The van der Waals surface area contributed by atoms with Crippen molar-refractivity contribution < 1.29 is 18.5 Å². The van der Waals surface area contributed by atoms with Gasteiger partial charge in [-0.2, -0.15) is 9.49 Å². The average molecular weight is 296 g/mol. The van der Waals surface area contributed by atoms with Crippen molar-refractivity contribution in [1.82, 2.24) is 15.1 Å². The minimum Gasteiger partial charge on any atom is -0.337 e. The standard InChI is InChI=1S/C12H10F2N4O3/c1-17(6-7-4-15-16-5-7)12(19)9-2-8(13)3-10(11(9)14)18(20)21/h2-5H,6H2,1H3,(H,15,16). The topological polar surface area (TPSA) is 92.1 Å². The van der Waals surface area contributed by atoms with Crippen LogP contribution < -0.4 is 0 Å². The molecule has 1 aromatic heterocycles. The summed E-state index contributed by atoms with van der Waals surface area (Å²) in [6.07, 6.45) is 3.00. The number of halogens is 2. The van der Waals surface area contributed by atoms with Crippen molar-refractivity contribution in [3.8, 4) is 0 Å². The lowest BCUT2D eigenvalue weighted by atomic mass is 10.1. The number of amides is 1. The minimum absolute atomic E-state index is 0.0963. The van der Waals surface area contributed by atoms with Crippen LogP contribution in [0.3, 0.4) is 0 Å². The van der Waals surface area contributed by atoms with Gasteiger partial charge in [-0.1, -0.05) is 0 Å². The number of nitrogens with zero attached hydrogens (tertiary/aromatic N) is 3. The predicted octanol–water partition coefficient (Wildman–Crippen LogP) is 1.87. The fourth-order valence-electron chi connectivity index (χ4n) is 1.78. The van der Waals surface area contributed by atoms with Gasteiger partial charge in [0.2, 0.25) is 5.82 Å². The number of nitro benzene ring substituents is 1. The number of nitro groups is 1. The van der Waals surface area contributed by atoms with Gasteiger partial charge in [-0.3, -0.25) is 20.0 Å². The molecule has 0 aliphatic carbocycles. The monoisotopic (exact) mass is 296 g/mol. The van der Waals surface area contributed by atoms with Crippen molar-refractivity contribution in [3.63, 3.8) is 0 Å². The third kappa shape index (κ3) is 3.02. The van der Waals surface area contributed by atoms with Crippen molar-refractivity contribution in [2.75, 3.05) is 7.05 Å². The first-order valence-electron chi connectivity index (χ1n) is 5.76. The molecule has 2 aromatic rings.